The van der Waals surface area contributed by atoms with Gasteiger partial charge in [-0.15, -0.1) is 0 Å². The van der Waals surface area contributed by atoms with Crippen molar-refractivity contribution < 1.29 is 39.6 Å². The summed E-state index contributed by atoms with van der Waals surface area (Å²) in [6.45, 7) is 1.59. The first-order valence-corrected chi connectivity index (χ1v) is 11.0. The van der Waals surface area contributed by atoms with Crippen LogP contribution in [0.1, 0.15) is 41.3 Å². The van der Waals surface area contributed by atoms with Crippen LogP contribution >= 0.6 is 0 Å². The van der Waals surface area contributed by atoms with E-state index in [2.05, 4.69) is 5.16 Å². The zero-order chi connectivity index (χ0) is 26.0. The summed E-state index contributed by atoms with van der Waals surface area (Å²) in [7, 11) is 4.90. The third-order valence-electron chi connectivity index (χ3n) is 7.14. The fraction of sp³-hybridized carbons (Fsp3) is 0.417. The Morgan fingerprint density at radius 3 is 2.46 bits per heavy atom. The molecular formula is C24H27N3O8. The number of phenols is 1. The standard InChI is InChI=1S/C24H27N3O8/c1-9(26-35-4)12-8-14(27(2)3)13-6-10-5-11-7-15(28)18(23(25)33)22(32)24(11,34)21(31)16(10)20(30)17(13)19(12)29/h8,10-11,28-29,31,34H,5-7H2,1-4H3,(H2,25,33)/t10-,11+,24+/m1/s1. The molecule has 0 saturated carbocycles. The number of benzene rings is 1. The van der Waals surface area contributed by atoms with Gasteiger partial charge in [0.2, 0.25) is 5.78 Å². The highest BCUT2D eigenvalue weighted by Crippen LogP contribution is 2.52. The van der Waals surface area contributed by atoms with Crippen LogP contribution in [0.4, 0.5) is 5.69 Å². The summed E-state index contributed by atoms with van der Waals surface area (Å²) in [5.74, 6) is -6.64. The monoisotopic (exact) mass is 485 g/mol. The van der Waals surface area contributed by atoms with Gasteiger partial charge in [0.25, 0.3) is 5.91 Å². The van der Waals surface area contributed by atoms with Crippen LogP contribution in [-0.2, 0) is 20.8 Å². The lowest BCUT2D eigenvalue weighted by atomic mass is 9.60. The Morgan fingerprint density at radius 1 is 1.23 bits per heavy atom. The maximum atomic E-state index is 13.7. The fourth-order valence-electron chi connectivity index (χ4n) is 5.53. The van der Waals surface area contributed by atoms with E-state index in [0.29, 0.717) is 17.0 Å². The molecule has 0 heterocycles. The second kappa shape index (κ2) is 8.12. The first-order valence-electron chi connectivity index (χ1n) is 11.0. The minimum Gasteiger partial charge on any atom is -0.511 e. The van der Waals surface area contributed by atoms with E-state index in [1.165, 1.54) is 7.11 Å². The maximum absolute atomic E-state index is 13.7. The van der Waals surface area contributed by atoms with Gasteiger partial charge in [0.05, 0.1) is 11.3 Å². The van der Waals surface area contributed by atoms with Gasteiger partial charge < -0.3 is 35.9 Å². The van der Waals surface area contributed by atoms with E-state index >= 15 is 0 Å². The van der Waals surface area contributed by atoms with Crippen LogP contribution in [0.15, 0.2) is 33.9 Å². The second-order valence-corrected chi connectivity index (χ2v) is 9.31. The highest BCUT2D eigenvalue weighted by Gasteiger charge is 2.59. The van der Waals surface area contributed by atoms with E-state index in [9.17, 15) is 34.8 Å². The first kappa shape index (κ1) is 24.3. The normalized spacial score (nSPS) is 26.3. The molecule has 0 aliphatic heterocycles. The Morgan fingerprint density at radius 2 is 1.89 bits per heavy atom. The molecule has 11 heteroatoms. The number of carbonyl (C=O) groups excluding carboxylic acids is 3. The molecule has 35 heavy (non-hydrogen) atoms. The van der Waals surface area contributed by atoms with Gasteiger partial charge in [-0.05, 0) is 37.3 Å². The zero-order valence-electron chi connectivity index (χ0n) is 19.7. The van der Waals surface area contributed by atoms with E-state index in [-0.39, 0.29) is 41.7 Å². The minimum atomic E-state index is -2.60. The molecule has 4 rings (SSSR count). The number of carbonyl (C=O) groups is 3. The number of Topliss-reactive ketones (excluding diaryl/α,β-unsaturated/α-hetero) is 2. The number of allylic oxidation sites excluding steroid dienone is 2. The third kappa shape index (κ3) is 3.29. The van der Waals surface area contributed by atoms with Crippen molar-refractivity contribution in [1.29, 1.82) is 0 Å². The molecular weight excluding hydrogens is 458 g/mol. The fourth-order valence-corrected chi connectivity index (χ4v) is 5.53. The number of phenolic OH excluding ortho intramolecular Hbond substituents is 1. The van der Waals surface area contributed by atoms with Gasteiger partial charge in [-0.3, -0.25) is 14.4 Å². The van der Waals surface area contributed by atoms with Crippen LogP contribution in [0.2, 0.25) is 0 Å². The maximum Gasteiger partial charge on any atom is 0.255 e. The summed E-state index contributed by atoms with van der Waals surface area (Å²) in [4.78, 5) is 45.1. The summed E-state index contributed by atoms with van der Waals surface area (Å²) in [6.07, 6.45) is 0.0193. The highest BCUT2D eigenvalue weighted by molar-refractivity contribution is 6.24. The lowest BCUT2D eigenvalue weighted by Crippen LogP contribution is -2.57. The van der Waals surface area contributed by atoms with Gasteiger partial charge in [-0.2, -0.15) is 0 Å². The number of hydrogen-bond acceptors (Lipinski definition) is 10. The number of aliphatic hydroxyl groups is 3. The molecule has 1 aromatic carbocycles. The second-order valence-electron chi connectivity index (χ2n) is 9.31. The number of aromatic hydroxyl groups is 1. The average molecular weight is 485 g/mol. The van der Waals surface area contributed by atoms with Crippen LogP contribution < -0.4 is 10.6 Å². The Bertz CT molecular complexity index is 1280. The molecule has 11 nitrogen and oxygen atoms in total. The number of rotatable bonds is 4. The van der Waals surface area contributed by atoms with Gasteiger partial charge >= 0.3 is 0 Å². The van der Waals surface area contributed by atoms with Crippen LogP contribution in [-0.4, -0.2) is 70.4 Å². The molecule has 0 fully saturated rings. The molecule has 0 saturated heterocycles. The van der Waals surface area contributed by atoms with Crippen LogP contribution in [0.3, 0.4) is 0 Å². The summed E-state index contributed by atoms with van der Waals surface area (Å²) < 4.78 is 0. The average Bonchev–Trinajstić information content (AvgIpc) is 2.76. The zero-order valence-corrected chi connectivity index (χ0v) is 19.7. The molecule has 1 aromatic rings. The SMILES string of the molecule is CON=C(C)c1cc(N(C)C)c2c(c1O)C(=O)C1=C(O)[C@]3(O)C(=O)C(C(N)=O)=C(O)C[C@@H]3C[C@@H]1C2. The predicted molar refractivity (Wildman–Crippen MR) is 124 cm³/mol. The Labute approximate surface area is 200 Å². The smallest absolute Gasteiger partial charge is 0.255 e. The van der Waals surface area contributed by atoms with Gasteiger partial charge in [0.15, 0.2) is 11.4 Å². The summed E-state index contributed by atoms with van der Waals surface area (Å²) in [5.41, 5.74) is 3.26. The lowest BCUT2D eigenvalue weighted by Gasteiger charge is -2.46. The van der Waals surface area contributed by atoms with Gasteiger partial charge in [-0.1, -0.05) is 5.16 Å². The first-order chi connectivity index (χ1) is 16.4. The van der Waals surface area contributed by atoms with Crippen molar-refractivity contribution in [3.8, 4) is 5.75 Å². The van der Waals surface area contributed by atoms with Crippen LogP contribution in [0.5, 0.6) is 5.75 Å². The minimum absolute atomic E-state index is 0.0719. The van der Waals surface area contributed by atoms with Gasteiger partial charge in [0.1, 0.15) is 30.0 Å². The molecule has 1 amide bonds. The molecule has 0 radical (unpaired) electrons. The molecule has 3 aliphatic rings. The van der Waals surface area contributed by atoms with Crippen molar-refractivity contribution in [2.75, 3.05) is 26.1 Å². The number of oxime groups is 1. The van der Waals surface area contributed by atoms with Crippen LogP contribution in [0, 0.1) is 11.8 Å². The predicted octanol–water partition coefficient (Wildman–Crippen LogP) is 1.02. The lowest BCUT2D eigenvalue weighted by molar-refractivity contribution is -0.144. The molecule has 3 aliphatic carbocycles. The number of anilines is 1. The Kier molecular flexibility index (Phi) is 5.63. The topological polar surface area (TPSA) is 183 Å². The van der Waals surface area contributed by atoms with Gasteiger partial charge in [-0.25, -0.2) is 0 Å². The van der Waals surface area contributed by atoms with Crippen molar-refractivity contribution in [2.24, 2.45) is 22.7 Å². The number of aliphatic hydroxyl groups excluding tert-OH is 2. The third-order valence-corrected chi connectivity index (χ3v) is 7.14. The Balaban J connectivity index is 1.96. The summed E-state index contributed by atoms with van der Waals surface area (Å²) >= 11 is 0. The number of hydrogen-bond donors (Lipinski definition) is 5. The molecule has 0 spiro atoms. The van der Waals surface area contributed by atoms with E-state index in [1.807, 2.05) is 0 Å². The highest BCUT2D eigenvalue weighted by atomic mass is 16.6. The molecule has 0 aromatic heterocycles. The quantitative estimate of drug-likeness (QED) is 0.236. The number of ketones is 2. The summed E-state index contributed by atoms with van der Waals surface area (Å²) in [5, 5.41) is 47.6. The van der Waals surface area contributed by atoms with E-state index in [4.69, 9.17) is 10.6 Å². The van der Waals surface area contributed by atoms with Gasteiger partial charge in [0, 0.05) is 43.3 Å². The van der Waals surface area contributed by atoms with E-state index < -0.39 is 52.0 Å². The van der Waals surface area contributed by atoms with Crippen molar-refractivity contribution in [3.05, 3.63) is 45.4 Å². The number of fused-ring (bicyclic) bond motifs is 3. The molecule has 186 valence electrons. The van der Waals surface area contributed by atoms with Crippen molar-refractivity contribution >= 4 is 28.9 Å². The molecule has 0 unspecified atom stereocenters. The van der Waals surface area contributed by atoms with Crippen molar-refractivity contribution in [1.82, 2.24) is 0 Å². The number of nitrogens with zero attached hydrogens (tertiary/aromatic N) is 2. The number of primary amides is 1. The molecule has 3 atom stereocenters. The molecule has 6 N–H and O–H groups in total. The van der Waals surface area contributed by atoms with Crippen molar-refractivity contribution in [2.45, 2.75) is 31.8 Å². The Hall–Kier alpha value is -3.86. The van der Waals surface area contributed by atoms with E-state index in [1.54, 1.807) is 32.0 Å². The van der Waals surface area contributed by atoms with E-state index in [0.717, 1.165) is 0 Å². The number of nitrogens with two attached hydrogens (primary N) is 1. The number of amides is 1. The summed E-state index contributed by atoms with van der Waals surface area (Å²) in [6, 6.07) is 1.69. The van der Waals surface area contributed by atoms with Crippen molar-refractivity contribution in [3.63, 3.8) is 0 Å². The van der Waals surface area contributed by atoms with Crippen LogP contribution in [0.25, 0.3) is 0 Å². The molecule has 0 bridgehead atoms. The largest absolute Gasteiger partial charge is 0.511 e.